The van der Waals surface area contributed by atoms with E-state index in [4.69, 9.17) is 5.11 Å². The Morgan fingerprint density at radius 3 is 2.62 bits per heavy atom. The third-order valence-electron chi connectivity index (χ3n) is 3.46. The minimum atomic E-state index is -0.975. The van der Waals surface area contributed by atoms with E-state index in [1.54, 1.807) is 4.90 Å². The second-order valence-electron chi connectivity index (χ2n) is 4.77. The van der Waals surface area contributed by atoms with Crippen molar-refractivity contribution in [3.63, 3.8) is 0 Å². The topological polar surface area (TPSA) is 127 Å². The molecular formula is C12H13N3O6. The molecule has 1 atom stereocenters. The molecule has 0 spiro atoms. The SMILES string of the molecule is O=C(O)CC1CCCN1c1ccc([N+](=O)[O-])cc1[N+](=O)[O-]. The van der Waals surface area contributed by atoms with E-state index in [1.807, 2.05) is 0 Å². The minimum Gasteiger partial charge on any atom is -0.481 e. The summed E-state index contributed by atoms with van der Waals surface area (Å²) in [5.74, 6) is -0.975. The molecule has 0 bridgehead atoms. The van der Waals surface area contributed by atoms with Gasteiger partial charge in [0.05, 0.1) is 22.3 Å². The Hall–Kier alpha value is -2.71. The van der Waals surface area contributed by atoms with Gasteiger partial charge in [-0.3, -0.25) is 25.0 Å². The number of rotatable bonds is 5. The van der Waals surface area contributed by atoms with Gasteiger partial charge in [0.2, 0.25) is 0 Å². The van der Waals surface area contributed by atoms with E-state index in [9.17, 15) is 25.0 Å². The molecule has 0 aromatic heterocycles. The largest absolute Gasteiger partial charge is 0.481 e. The lowest BCUT2D eigenvalue weighted by molar-refractivity contribution is -0.393. The van der Waals surface area contributed by atoms with E-state index in [-0.39, 0.29) is 29.5 Å². The molecule has 9 heteroatoms. The quantitative estimate of drug-likeness (QED) is 0.649. The van der Waals surface area contributed by atoms with Crippen molar-refractivity contribution in [3.05, 3.63) is 38.4 Å². The third kappa shape index (κ3) is 3.07. The van der Waals surface area contributed by atoms with Crippen LogP contribution in [0.1, 0.15) is 19.3 Å². The predicted molar refractivity (Wildman–Crippen MR) is 72.4 cm³/mol. The van der Waals surface area contributed by atoms with Crippen LogP contribution in [0.15, 0.2) is 18.2 Å². The molecule has 1 aromatic carbocycles. The van der Waals surface area contributed by atoms with Gasteiger partial charge in [-0.2, -0.15) is 0 Å². The van der Waals surface area contributed by atoms with Crippen LogP contribution in [-0.4, -0.2) is 33.5 Å². The van der Waals surface area contributed by atoms with Crippen LogP contribution in [0.4, 0.5) is 17.1 Å². The molecule has 0 radical (unpaired) electrons. The molecule has 1 unspecified atom stereocenters. The van der Waals surface area contributed by atoms with Crippen molar-refractivity contribution < 1.29 is 19.7 Å². The van der Waals surface area contributed by atoms with E-state index in [0.29, 0.717) is 13.0 Å². The summed E-state index contributed by atoms with van der Waals surface area (Å²) in [6.07, 6.45) is 1.24. The maximum atomic E-state index is 11.1. The van der Waals surface area contributed by atoms with Crippen LogP contribution in [0.25, 0.3) is 0 Å². The van der Waals surface area contributed by atoms with E-state index in [2.05, 4.69) is 0 Å². The molecule has 112 valence electrons. The first-order valence-electron chi connectivity index (χ1n) is 6.31. The molecule has 1 saturated heterocycles. The molecule has 0 amide bonds. The summed E-state index contributed by atoms with van der Waals surface area (Å²) < 4.78 is 0. The van der Waals surface area contributed by atoms with Crippen LogP contribution in [0.3, 0.4) is 0 Å². The first-order chi connectivity index (χ1) is 9.90. The van der Waals surface area contributed by atoms with Gasteiger partial charge in [0.1, 0.15) is 5.69 Å². The molecule has 0 saturated carbocycles. The average Bonchev–Trinajstić information content (AvgIpc) is 2.84. The maximum absolute atomic E-state index is 11.1. The summed E-state index contributed by atoms with van der Waals surface area (Å²) in [6.45, 7) is 0.497. The monoisotopic (exact) mass is 295 g/mol. The lowest BCUT2D eigenvalue weighted by Gasteiger charge is -2.25. The summed E-state index contributed by atoms with van der Waals surface area (Å²) in [5, 5.41) is 30.7. The molecule has 9 nitrogen and oxygen atoms in total. The zero-order chi connectivity index (χ0) is 15.6. The summed E-state index contributed by atoms with van der Waals surface area (Å²) in [5.41, 5.74) is -0.504. The molecule has 21 heavy (non-hydrogen) atoms. The van der Waals surface area contributed by atoms with E-state index < -0.39 is 15.8 Å². The van der Waals surface area contributed by atoms with Gasteiger partial charge in [-0.05, 0) is 18.9 Å². The number of carbonyl (C=O) groups is 1. The highest BCUT2D eigenvalue weighted by Gasteiger charge is 2.32. The Bertz CT molecular complexity index is 603. The minimum absolute atomic E-state index is 0.117. The summed E-state index contributed by atoms with van der Waals surface area (Å²) in [6, 6.07) is 3.09. The lowest BCUT2D eigenvalue weighted by atomic mass is 10.1. The third-order valence-corrected chi connectivity index (χ3v) is 3.46. The van der Waals surface area contributed by atoms with Crippen LogP contribution < -0.4 is 4.90 Å². The van der Waals surface area contributed by atoms with E-state index >= 15 is 0 Å². The molecule has 0 aliphatic carbocycles. The number of aliphatic carboxylic acids is 1. The molecule has 1 fully saturated rings. The van der Waals surface area contributed by atoms with Gasteiger partial charge in [0, 0.05) is 18.7 Å². The Labute approximate surface area is 119 Å². The number of benzene rings is 1. The predicted octanol–water partition coefficient (Wildman–Crippen LogP) is 1.95. The molecule has 1 aliphatic heterocycles. The van der Waals surface area contributed by atoms with Crippen molar-refractivity contribution in [3.8, 4) is 0 Å². The number of nitro groups is 2. The van der Waals surface area contributed by atoms with Gasteiger partial charge in [-0.15, -0.1) is 0 Å². The highest BCUT2D eigenvalue weighted by Crippen LogP contribution is 2.36. The standard InChI is InChI=1S/C12H13N3O6/c16-12(17)7-8-2-1-5-13(8)10-4-3-9(14(18)19)6-11(10)15(20)21/h3-4,6,8H,1-2,5,7H2,(H,16,17). The molecule has 2 rings (SSSR count). The van der Waals surface area contributed by atoms with Crippen LogP contribution in [0.5, 0.6) is 0 Å². The number of nitrogens with zero attached hydrogens (tertiary/aromatic N) is 3. The average molecular weight is 295 g/mol. The van der Waals surface area contributed by atoms with Crippen LogP contribution >= 0.6 is 0 Å². The second kappa shape index (κ2) is 5.73. The van der Waals surface area contributed by atoms with Gasteiger partial charge in [0.25, 0.3) is 11.4 Å². The van der Waals surface area contributed by atoms with Gasteiger partial charge < -0.3 is 10.0 Å². The first-order valence-corrected chi connectivity index (χ1v) is 6.31. The fourth-order valence-electron chi connectivity index (χ4n) is 2.58. The van der Waals surface area contributed by atoms with Crippen molar-refractivity contribution >= 4 is 23.0 Å². The van der Waals surface area contributed by atoms with Crippen molar-refractivity contribution in [1.82, 2.24) is 0 Å². The van der Waals surface area contributed by atoms with Crippen molar-refractivity contribution in [2.45, 2.75) is 25.3 Å². The lowest BCUT2D eigenvalue weighted by Crippen LogP contribution is -2.31. The smallest absolute Gasteiger partial charge is 0.305 e. The highest BCUT2D eigenvalue weighted by atomic mass is 16.6. The van der Waals surface area contributed by atoms with Gasteiger partial charge in [-0.25, -0.2) is 0 Å². The molecule has 1 heterocycles. The van der Waals surface area contributed by atoms with E-state index in [0.717, 1.165) is 12.5 Å². The van der Waals surface area contributed by atoms with Gasteiger partial charge in [-0.1, -0.05) is 0 Å². The summed E-state index contributed by atoms with van der Waals surface area (Å²) in [7, 11) is 0. The van der Waals surface area contributed by atoms with Gasteiger partial charge in [0.15, 0.2) is 0 Å². The van der Waals surface area contributed by atoms with Crippen LogP contribution in [-0.2, 0) is 4.79 Å². The number of nitro benzene ring substituents is 2. The van der Waals surface area contributed by atoms with Crippen LogP contribution in [0.2, 0.25) is 0 Å². The Morgan fingerprint density at radius 1 is 1.33 bits per heavy atom. The molecule has 1 aromatic rings. The summed E-state index contributed by atoms with van der Waals surface area (Å²) >= 11 is 0. The van der Waals surface area contributed by atoms with E-state index in [1.165, 1.54) is 12.1 Å². The number of carboxylic acids is 1. The molecule has 1 aliphatic rings. The van der Waals surface area contributed by atoms with Crippen molar-refractivity contribution in [1.29, 1.82) is 0 Å². The Kier molecular flexibility index (Phi) is 4.01. The summed E-state index contributed by atoms with van der Waals surface area (Å²) in [4.78, 5) is 32.9. The molecule has 1 N–H and O–H groups in total. The maximum Gasteiger partial charge on any atom is 0.305 e. The Balaban J connectivity index is 2.40. The van der Waals surface area contributed by atoms with Crippen molar-refractivity contribution in [2.75, 3.05) is 11.4 Å². The highest BCUT2D eigenvalue weighted by molar-refractivity contribution is 5.71. The second-order valence-corrected chi connectivity index (χ2v) is 4.77. The van der Waals surface area contributed by atoms with Crippen molar-refractivity contribution in [2.24, 2.45) is 0 Å². The zero-order valence-electron chi connectivity index (χ0n) is 11.0. The number of hydrogen-bond acceptors (Lipinski definition) is 6. The van der Waals surface area contributed by atoms with Crippen LogP contribution in [0, 0.1) is 20.2 Å². The first kappa shape index (κ1) is 14.7. The molecular weight excluding hydrogens is 282 g/mol. The number of non-ortho nitro benzene ring substituents is 1. The fraction of sp³-hybridized carbons (Fsp3) is 0.417. The normalized spacial score (nSPS) is 17.7. The Morgan fingerprint density at radius 2 is 2.05 bits per heavy atom. The number of carboxylic acid groups (broad SMARTS) is 1. The van der Waals surface area contributed by atoms with Gasteiger partial charge >= 0.3 is 5.97 Å². The number of anilines is 1. The number of hydrogen-bond donors (Lipinski definition) is 1. The fourth-order valence-corrected chi connectivity index (χ4v) is 2.58. The zero-order valence-corrected chi connectivity index (χ0v) is 11.0.